The maximum absolute atomic E-state index is 12.6. The minimum atomic E-state index is -1.22. The normalized spacial score (nSPS) is 10.3. The molecular weight excluding hydrogens is 416 g/mol. The summed E-state index contributed by atoms with van der Waals surface area (Å²) < 4.78 is 0.511. The smallest absolute Gasteiger partial charge is 0.323 e. The second-order valence-corrected chi connectivity index (χ2v) is 6.44. The van der Waals surface area contributed by atoms with Crippen LogP contribution in [0.3, 0.4) is 0 Å². The van der Waals surface area contributed by atoms with Crippen molar-refractivity contribution in [3.63, 3.8) is 0 Å². The first-order chi connectivity index (χ1) is 11.8. The Hall–Kier alpha value is -2.45. The molecule has 1 amide bonds. The number of carbonyl (C=O) groups is 2. The molecule has 7 nitrogen and oxygen atoms in total. The van der Waals surface area contributed by atoms with Crippen LogP contribution in [0, 0.1) is 10.1 Å². The van der Waals surface area contributed by atoms with Crippen LogP contribution in [0.2, 0.25) is 5.02 Å². The van der Waals surface area contributed by atoms with Gasteiger partial charge in [-0.3, -0.25) is 19.7 Å². The van der Waals surface area contributed by atoms with Crippen molar-refractivity contribution in [1.29, 1.82) is 0 Å². The monoisotopic (exact) mass is 426 g/mol. The lowest BCUT2D eigenvalue weighted by Crippen LogP contribution is -2.35. The average Bonchev–Trinajstić information content (AvgIpc) is 2.55. The third-order valence-corrected chi connectivity index (χ3v) is 4.05. The molecule has 0 radical (unpaired) electrons. The molecule has 9 heteroatoms. The Morgan fingerprint density at radius 2 is 1.84 bits per heavy atom. The van der Waals surface area contributed by atoms with Gasteiger partial charge in [0.05, 0.1) is 11.5 Å². The van der Waals surface area contributed by atoms with Crippen LogP contribution in [-0.4, -0.2) is 33.4 Å². The number of hydrogen-bond acceptors (Lipinski definition) is 4. The molecule has 0 aliphatic heterocycles. The highest BCUT2D eigenvalue weighted by Gasteiger charge is 2.23. The molecule has 0 saturated heterocycles. The summed E-state index contributed by atoms with van der Waals surface area (Å²) in [6.45, 7) is -0.800. The van der Waals surface area contributed by atoms with Gasteiger partial charge in [-0.05, 0) is 36.4 Å². The largest absolute Gasteiger partial charge is 0.480 e. The molecule has 0 heterocycles. The Labute approximate surface area is 156 Å². The molecule has 0 atom stereocenters. The molecule has 25 heavy (non-hydrogen) atoms. The maximum Gasteiger partial charge on any atom is 0.323 e. The predicted octanol–water partition coefficient (Wildman–Crippen LogP) is 3.74. The maximum atomic E-state index is 12.6. The minimum absolute atomic E-state index is 0.200. The molecule has 2 rings (SSSR count). The highest BCUT2D eigenvalue weighted by Crippen LogP contribution is 2.25. The van der Waals surface area contributed by atoms with E-state index in [-0.39, 0.29) is 23.4 Å². The molecular formula is C16H12BrClN2O5. The van der Waals surface area contributed by atoms with E-state index in [0.29, 0.717) is 9.50 Å². The molecule has 0 spiro atoms. The molecule has 0 fully saturated rings. The number of rotatable bonds is 6. The van der Waals surface area contributed by atoms with Crippen LogP contribution in [0.5, 0.6) is 0 Å². The number of benzene rings is 2. The highest BCUT2D eigenvalue weighted by atomic mass is 79.9. The van der Waals surface area contributed by atoms with Crippen molar-refractivity contribution in [2.24, 2.45) is 0 Å². The molecule has 2 aromatic rings. The van der Waals surface area contributed by atoms with E-state index >= 15 is 0 Å². The van der Waals surface area contributed by atoms with Crippen molar-refractivity contribution in [3.05, 3.63) is 73.2 Å². The first kappa shape index (κ1) is 18.9. The number of nitro benzene ring substituents is 1. The number of carbonyl (C=O) groups excluding carboxylic acids is 1. The van der Waals surface area contributed by atoms with E-state index in [0.717, 1.165) is 4.90 Å². The number of nitrogens with zero attached hydrogens (tertiary/aromatic N) is 2. The van der Waals surface area contributed by atoms with Crippen molar-refractivity contribution in [2.75, 3.05) is 6.54 Å². The van der Waals surface area contributed by atoms with Gasteiger partial charge >= 0.3 is 5.97 Å². The van der Waals surface area contributed by atoms with Crippen molar-refractivity contribution in [2.45, 2.75) is 6.54 Å². The molecule has 0 aliphatic rings. The minimum Gasteiger partial charge on any atom is -0.480 e. The van der Waals surface area contributed by atoms with Gasteiger partial charge in [0, 0.05) is 26.7 Å². The van der Waals surface area contributed by atoms with Gasteiger partial charge in [-0.25, -0.2) is 0 Å². The number of hydrogen-bond donors (Lipinski definition) is 1. The third kappa shape index (κ3) is 5.01. The lowest BCUT2D eigenvalue weighted by atomic mass is 10.1. The van der Waals surface area contributed by atoms with Crippen molar-refractivity contribution >= 4 is 45.1 Å². The lowest BCUT2D eigenvalue weighted by molar-refractivity contribution is -0.385. The van der Waals surface area contributed by atoms with Gasteiger partial charge in [-0.1, -0.05) is 27.5 Å². The first-order valence-corrected chi connectivity index (χ1v) is 8.14. The zero-order chi connectivity index (χ0) is 18.6. The summed E-state index contributed by atoms with van der Waals surface area (Å²) in [5.41, 5.74) is 0.274. The van der Waals surface area contributed by atoms with E-state index in [1.54, 1.807) is 6.07 Å². The van der Waals surface area contributed by atoms with Crippen LogP contribution in [0.15, 0.2) is 46.9 Å². The predicted molar refractivity (Wildman–Crippen MR) is 94.6 cm³/mol. The Morgan fingerprint density at radius 1 is 1.20 bits per heavy atom. The summed E-state index contributed by atoms with van der Waals surface area (Å²) in [4.78, 5) is 35.3. The Balaban J connectivity index is 2.35. The summed E-state index contributed by atoms with van der Waals surface area (Å²) >= 11 is 8.93. The molecule has 0 bridgehead atoms. The zero-order valence-electron chi connectivity index (χ0n) is 12.7. The van der Waals surface area contributed by atoms with E-state index in [1.165, 1.54) is 36.4 Å². The number of halogens is 2. The van der Waals surface area contributed by atoms with Gasteiger partial charge in [0.25, 0.3) is 11.6 Å². The molecule has 0 aliphatic carbocycles. The van der Waals surface area contributed by atoms with E-state index in [1.807, 2.05) is 0 Å². The number of amides is 1. The molecule has 1 N–H and O–H groups in total. The van der Waals surface area contributed by atoms with Crippen LogP contribution >= 0.6 is 27.5 Å². The van der Waals surface area contributed by atoms with Crippen LogP contribution in [0.4, 0.5) is 5.69 Å². The number of carboxylic acid groups (broad SMARTS) is 1. The van der Waals surface area contributed by atoms with Crippen LogP contribution in [0.1, 0.15) is 15.9 Å². The topological polar surface area (TPSA) is 101 Å². The Kier molecular flexibility index (Phi) is 6.11. The van der Waals surface area contributed by atoms with Gasteiger partial charge in [-0.15, -0.1) is 0 Å². The summed E-state index contributed by atoms with van der Waals surface area (Å²) in [5, 5.41) is 20.7. The van der Waals surface area contributed by atoms with E-state index < -0.39 is 23.3 Å². The number of carboxylic acids is 1. The fourth-order valence-corrected chi connectivity index (χ4v) is 2.66. The summed E-state index contributed by atoms with van der Waals surface area (Å²) in [6, 6.07) is 10.3. The van der Waals surface area contributed by atoms with E-state index in [2.05, 4.69) is 15.9 Å². The SMILES string of the molecule is O=C(O)CN(Cc1ccc(Br)cc1[N+](=O)[O-])C(=O)c1ccc(Cl)cc1. The first-order valence-electron chi connectivity index (χ1n) is 6.97. The summed E-state index contributed by atoms with van der Waals surface area (Å²) in [6.07, 6.45) is 0. The van der Waals surface area contributed by atoms with Gasteiger partial charge in [-0.2, -0.15) is 0 Å². The molecule has 0 unspecified atom stereocenters. The molecule has 2 aromatic carbocycles. The standard InChI is InChI=1S/C16H12BrClN2O5/c17-12-4-1-11(14(7-12)20(24)25)8-19(9-15(21)22)16(23)10-2-5-13(18)6-3-10/h1-7H,8-9H2,(H,21,22). The number of aliphatic carboxylic acids is 1. The molecule has 0 saturated carbocycles. The van der Waals surface area contributed by atoms with Crippen LogP contribution < -0.4 is 0 Å². The second-order valence-electron chi connectivity index (χ2n) is 5.09. The quantitative estimate of drug-likeness (QED) is 0.559. The van der Waals surface area contributed by atoms with Crippen molar-refractivity contribution < 1.29 is 19.6 Å². The lowest BCUT2D eigenvalue weighted by Gasteiger charge is -2.21. The highest BCUT2D eigenvalue weighted by molar-refractivity contribution is 9.10. The van der Waals surface area contributed by atoms with Gasteiger partial charge in [0.2, 0.25) is 0 Å². The Morgan fingerprint density at radius 3 is 2.40 bits per heavy atom. The number of nitro groups is 1. The van der Waals surface area contributed by atoms with Crippen LogP contribution in [0.25, 0.3) is 0 Å². The van der Waals surface area contributed by atoms with Gasteiger partial charge < -0.3 is 10.0 Å². The Bertz CT molecular complexity index is 826. The second kappa shape index (κ2) is 8.09. The van der Waals surface area contributed by atoms with Gasteiger partial charge in [0.1, 0.15) is 6.54 Å². The summed E-state index contributed by atoms with van der Waals surface area (Å²) in [5.74, 6) is -1.78. The average molecular weight is 428 g/mol. The fraction of sp³-hybridized carbons (Fsp3) is 0.125. The van der Waals surface area contributed by atoms with Gasteiger partial charge in [0.15, 0.2) is 0 Å². The summed E-state index contributed by atoms with van der Waals surface area (Å²) in [7, 11) is 0. The zero-order valence-corrected chi connectivity index (χ0v) is 15.0. The van der Waals surface area contributed by atoms with E-state index in [9.17, 15) is 19.7 Å². The van der Waals surface area contributed by atoms with E-state index in [4.69, 9.17) is 16.7 Å². The van der Waals surface area contributed by atoms with Crippen molar-refractivity contribution in [1.82, 2.24) is 4.90 Å². The van der Waals surface area contributed by atoms with Crippen LogP contribution in [-0.2, 0) is 11.3 Å². The van der Waals surface area contributed by atoms with Crippen molar-refractivity contribution in [3.8, 4) is 0 Å². The fourth-order valence-electron chi connectivity index (χ4n) is 2.18. The third-order valence-electron chi connectivity index (χ3n) is 3.31. The molecule has 130 valence electrons. The molecule has 0 aromatic heterocycles.